The molecule has 0 spiro atoms. The average molecular weight is 383 g/mol. The maximum absolute atomic E-state index is 11.5. The Morgan fingerprint density at radius 3 is 2.65 bits per heavy atom. The first-order valence-electron chi connectivity index (χ1n) is 7.58. The molecule has 0 unspecified atom stereocenters. The minimum atomic E-state index is -1.11. The van der Waals surface area contributed by atoms with Gasteiger partial charge in [0.1, 0.15) is 0 Å². The summed E-state index contributed by atoms with van der Waals surface area (Å²) in [6.07, 6.45) is 3.31. The van der Waals surface area contributed by atoms with Gasteiger partial charge in [0.15, 0.2) is 11.5 Å². The van der Waals surface area contributed by atoms with Gasteiger partial charge in [-0.1, -0.05) is 23.7 Å². The van der Waals surface area contributed by atoms with Crippen molar-refractivity contribution >= 4 is 50.5 Å². The number of halogens is 1. The van der Waals surface area contributed by atoms with Crippen LogP contribution >= 0.6 is 22.9 Å². The monoisotopic (exact) mass is 382 g/mol. The first-order chi connectivity index (χ1) is 12.6. The summed E-state index contributed by atoms with van der Waals surface area (Å²) >= 11 is 7.43. The van der Waals surface area contributed by atoms with Crippen LogP contribution in [0, 0.1) is 0 Å². The number of nitrogens with zero attached hydrogens (tertiary/aromatic N) is 3. The number of anilines is 2. The van der Waals surface area contributed by atoms with Crippen LogP contribution in [0.3, 0.4) is 0 Å². The molecule has 0 aliphatic heterocycles. The second-order valence-electron chi connectivity index (χ2n) is 5.43. The molecule has 0 saturated carbocycles. The Morgan fingerprint density at radius 2 is 1.92 bits per heavy atom. The van der Waals surface area contributed by atoms with Crippen molar-refractivity contribution in [3.8, 4) is 10.4 Å². The molecule has 0 radical (unpaired) electrons. The van der Waals surface area contributed by atoms with E-state index in [0.29, 0.717) is 20.9 Å². The summed E-state index contributed by atoms with van der Waals surface area (Å²) in [5, 5.41) is 21.9. The molecule has 3 aromatic heterocycles. The maximum Gasteiger partial charge on any atom is 0.357 e. The van der Waals surface area contributed by atoms with Crippen molar-refractivity contribution in [3.05, 3.63) is 65.6 Å². The van der Waals surface area contributed by atoms with E-state index in [1.807, 2.05) is 24.3 Å². The van der Waals surface area contributed by atoms with E-state index >= 15 is 0 Å². The molecule has 6 nitrogen and oxygen atoms in total. The SMILES string of the molecule is O=C(O)c1nnc(Nc2ccncc2)c2cc(-c3cccc(Cl)c3)sc12. The molecule has 0 bridgehead atoms. The van der Waals surface area contributed by atoms with E-state index in [2.05, 4.69) is 20.5 Å². The fraction of sp³-hybridized carbons (Fsp3) is 0. The number of hydrogen-bond acceptors (Lipinski definition) is 6. The smallest absolute Gasteiger partial charge is 0.357 e. The minimum absolute atomic E-state index is 0.0708. The topological polar surface area (TPSA) is 88.0 Å². The standard InChI is InChI=1S/C18H11ClN4O2S/c19-11-3-1-2-10(8-11)14-9-13-16(26-14)15(18(24)25)22-23-17(13)21-12-4-6-20-7-5-12/h1-9H,(H,24,25)(H,20,21,23). The number of carboxylic acid groups (broad SMARTS) is 1. The van der Waals surface area contributed by atoms with Crippen LogP contribution in [-0.4, -0.2) is 26.3 Å². The van der Waals surface area contributed by atoms with Crippen LogP contribution in [-0.2, 0) is 0 Å². The molecule has 0 aliphatic carbocycles. The molecule has 128 valence electrons. The Hall–Kier alpha value is -3.03. The summed E-state index contributed by atoms with van der Waals surface area (Å²) in [5.41, 5.74) is 1.62. The molecule has 26 heavy (non-hydrogen) atoms. The number of carboxylic acids is 1. The molecule has 0 atom stereocenters. The van der Waals surface area contributed by atoms with Crippen LogP contribution in [0.5, 0.6) is 0 Å². The first-order valence-corrected chi connectivity index (χ1v) is 8.78. The van der Waals surface area contributed by atoms with E-state index in [9.17, 15) is 9.90 Å². The Morgan fingerprint density at radius 1 is 1.12 bits per heavy atom. The van der Waals surface area contributed by atoms with Gasteiger partial charge in [0, 0.05) is 33.4 Å². The lowest BCUT2D eigenvalue weighted by Crippen LogP contribution is -2.04. The third-order valence-corrected chi connectivity index (χ3v) is 5.13. The molecular weight excluding hydrogens is 372 g/mol. The quantitative estimate of drug-likeness (QED) is 0.524. The van der Waals surface area contributed by atoms with Gasteiger partial charge in [0.2, 0.25) is 0 Å². The van der Waals surface area contributed by atoms with E-state index in [0.717, 1.165) is 16.1 Å². The molecule has 0 saturated heterocycles. The van der Waals surface area contributed by atoms with Gasteiger partial charge in [0.25, 0.3) is 0 Å². The Balaban J connectivity index is 1.88. The molecule has 4 aromatic rings. The molecule has 1 aromatic carbocycles. The lowest BCUT2D eigenvalue weighted by Gasteiger charge is -2.06. The van der Waals surface area contributed by atoms with Gasteiger partial charge >= 0.3 is 5.97 Å². The van der Waals surface area contributed by atoms with Crippen molar-refractivity contribution in [1.82, 2.24) is 15.2 Å². The highest BCUT2D eigenvalue weighted by molar-refractivity contribution is 7.22. The zero-order valence-electron chi connectivity index (χ0n) is 13.2. The van der Waals surface area contributed by atoms with Crippen LogP contribution in [0.15, 0.2) is 54.9 Å². The van der Waals surface area contributed by atoms with Gasteiger partial charge in [0.05, 0.1) is 4.70 Å². The highest BCUT2D eigenvalue weighted by atomic mass is 35.5. The number of nitrogens with one attached hydrogen (secondary N) is 1. The summed E-state index contributed by atoms with van der Waals surface area (Å²) in [6.45, 7) is 0. The van der Waals surface area contributed by atoms with Crippen molar-refractivity contribution in [2.75, 3.05) is 5.32 Å². The van der Waals surface area contributed by atoms with Crippen molar-refractivity contribution in [1.29, 1.82) is 0 Å². The number of pyridine rings is 1. The van der Waals surface area contributed by atoms with Crippen molar-refractivity contribution in [2.45, 2.75) is 0 Å². The molecule has 0 fully saturated rings. The van der Waals surface area contributed by atoms with Crippen molar-refractivity contribution in [2.24, 2.45) is 0 Å². The number of aromatic carboxylic acids is 1. The summed E-state index contributed by atoms with van der Waals surface area (Å²) in [5.74, 6) is -0.627. The number of fused-ring (bicyclic) bond motifs is 1. The second-order valence-corrected chi connectivity index (χ2v) is 6.92. The zero-order chi connectivity index (χ0) is 18.1. The summed E-state index contributed by atoms with van der Waals surface area (Å²) < 4.78 is 0.555. The highest BCUT2D eigenvalue weighted by Gasteiger charge is 2.19. The number of thiophene rings is 1. The minimum Gasteiger partial charge on any atom is -0.476 e. The Bertz CT molecular complexity index is 1110. The third-order valence-electron chi connectivity index (χ3n) is 3.71. The Labute approximate surface area is 157 Å². The van der Waals surface area contributed by atoms with Gasteiger partial charge in [-0.15, -0.1) is 21.5 Å². The average Bonchev–Trinajstić information content (AvgIpc) is 3.08. The van der Waals surface area contributed by atoms with Gasteiger partial charge in [-0.05, 0) is 35.9 Å². The van der Waals surface area contributed by atoms with Crippen LogP contribution in [0.1, 0.15) is 10.5 Å². The number of rotatable bonds is 4. The molecule has 4 rings (SSSR count). The van der Waals surface area contributed by atoms with E-state index < -0.39 is 5.97 Å². The number of benzene rings is 1. The summed E-state index contributed by atoms with van der Waals surface area (Å²) in [4.78, 5) is 16.4. The molecule has 3 heterocycles. The van der Waals surface area contributed by atoms with Crippen LogP contribution in [0.4, 0.5) is 11.5 Å². The van der Waals surface area contributed by atoms with Crippen molar-refractivity contribution < 1.29 is 9.90 Å². The predicted octanol–water partition coefficient (Wildman–Crippen LogP) is 4.85. The van der Waals surface area contributed by atoms with Crippen molar-refractivity contribution in [3.63, 3.8) is 0 Å². The van der Waals surface area contributed by atoms with E-state index in [1.54, 1.807) is 30.6 Å². The van der Waals surface area contributed by atoms with E-state index in [-0.39, 0.29) is 5.69 Å². The summed E-state index contributed by atoms with van der Waals surface area (Å²) in [6, 6.07) is 12.9. The van der Waals surface area contributed by atoms with E-state index in [1.165, 1.54) is 11.3 Å². The highest BCUT2D eigenvalue weighted by Crippen LogP contribution is 2.38. The largest absolute Gasteiger partial charge is 0.476 e. The number of hydrogen-bond donors (Lipinski definition) is 2. The fourth-order valence-corrected chi connectivity index (χ4v) is 3.85. The second kappa shape index (κ2) is 6.70. The third kappa shape index (κ3) is 3.10. The normalized spacial score (nSPS) is 10.8. The molecular formula is C18H11ClN4O2S. The fourth-order valence-electron chi connectivity index (χ4n) is 2.53. The van der Waals surface area contributed by atoms with Crippen LogP contribution in [0.2, 0.25) is 5.02 Å². The molecule has 8 heteroatoms. The Kier molecular flexibility index (Phi) is 4.24. The molecule has 2 N–H and O–H groups in total. The lowest BCUT2D eigenvalue weighted by molar-refractivity contribution is 0.0692. The number of aromatic nitrogens is 3. The van der Waals surface area contributed by atoms with Gasteiger partial charge in [-0.3, -0.25) is 4.98 Å². The zero-order valence-corrected chi connectivity index (χ0v) is 14.8. The molecule has 0 aliphatic rings. The summed E-state index contributed by atoms with van der Waals surface area (Å²) in [7, 11) is 0. The van der Waals surface area contributed by atoms with E-state index in [4.69, 9.17) is 11.6 Å². The maximum atomic E-state index is 11.5. The van der Waals surface area contributed by atoms with Gasteiger partial charge in [-0.25, -0.2) is 4.79 Å². The molecule has 0 amide bonds. The first kappa shape index (κ1) is 16.4. The van der Waals surface area contributed by atoms with Gasteiger partial charge < -0.3 is 10.4 Å². The van der Waals surface area contributed by atoms with Crippen LogP contribution < -0.4 is 5.32 Å². The number of carbonyl (C=O) groups is 1. The van der Waals surface area contributed by atoms with Gasteiger partial charge in [-0.2, -0.15) is 0 Å². The predicted molar refractivity (Wildman–Crippen MR) is 102 cm³/mol. The lowest BCUT2D eigenvalue weighted by atomic mass is 10.1. The van der Waals surface area contributed by atoms with Crippen LogP contribution in [0.25, 0.3) is 20.5 Å².